The number of aliphatic hydroxyl groups excluding tert-OH is 1. The van der Waals surface area contributed by atoms with Crippen LogP contribution in [0.4, 0.5) is 5.69 Å². The van der Waals surface area contributed by atoms with Crippen LogP contribution in [0.2, 0.25) is 0 Å². The summed E-state index contributed by atoms with van der Waals surface area (Å²) < 4.78 is 5.11. The molecule has 7 nitrogen and oxygen atoms in total. The fraction of sp³-hybridized carbons (Fsp3) is 0.471. The van der Waals surface area contributed by atoms with Gasteiger partial charge in [0.15, 0.2) is 5.82 Å². The topological polar surface area (TPSA) is 100 Å². The van der Waals surface area contributed by atoms with Crippen LogP contribution in [-0.4, -0.2) is 33.8 Å². The van der Waals surface area contributed by atoms with Crippen LogP contribution in [0.3, 0.4) is 0 Å². The Hall–Kier alpha value is -2.41. The van der Waals surface area contributed by atoms with E-state index in [1.54, 1.807) is 0 Å². The first kappa shape index (κ1) is 17.9. The number of carbonyl (C=O) groups is 1. The lowest BCUT2D eigenvalue weighted by atomic mass is 10.1. The zero-order valence-corrected chi connectivity index (χ0v) is 14.1. The second-order valence-corrected chi connectivity index (χ2v) is 5.54. The van der Waals surface area contributed by atoms with Crippen LogP contribution in [0.1, 0.15) is 37.5 Å². The number of aliphatic hydroxyl groups is 1. The maximum Gasteiger partial charge on any atom is 0.245 e. The third-order valence-electron chi connectivity index (χ3n) is 3.67. The van der Waals surface area contributed by atoms with Crippen molar-refractivity contribution in [3.8, 4) is 0 Å². The minimum Gasteiger partial charge on any atom is -0.394 e. The van der Waals surface area contributed by atoms with Crippen molar-refractivity contribution in [2.45, 2.75) is 45.7 Å². The van der Waals surface area contributed by atoms with Crippen LogP contribution in [0, 0.1) is 0 Å². The van der Waals surface area contributed by atoms with Crippen molar-refractivity contribution in [2.75, 3.05) is 11.9 Å². The Morgan fingerprint density at radius 2 is 2.04 bits per heavy atom. The van der Waals surface area contributed by atoms with Crippen molar-refractivity contribution in [2.24, 2.45) is 0 Å². The van der Waals surface area contributed by atoms with Crippen molar-refractivity contribution in [3.05, 3.63) is 41.5 Å². The number of anilines is 1. The standard InChI is InChI=1S/C17H24N4O3/c1-3-13(11-22)19-16(23)9-12-5-7-14(8-6-12)18-10-17-20-15(4-2)21-24-17/h5-8,13,18,22H,3-4,9-11H2,1-2H3,(H,19,23). The van der Waals surface area contributed by atoms with Gasteiger partial charge in [-0.15, -0.1) is 0 Å². The smallest absolute Gasteiger partial charge is 0.245 e. The number of benzene rings is 1. The van der Waals surface area contributed by atoms with Gasteiger partial charge >= 0.3 is 0 Å². The molecule has 1 unspecified atom stereocenters. The molecule has 130 valence electrons. The van der Waals surface area contributed by atoms with Gasteiger partial charge in [-0.2, -0.15) is 4.98 Å². The lowest BCUT2D eigenvalue weighted by Gasteiger charge is -2.14. The third-order valence-corrected chi connectivity index (χ3v) is 3.67. The predicted octanol–water partition coefficient (Wildman–Crippen LogP) is 1.67. The van der Waals surface area contributed by atoms with E-state index >= 15 is 0 Å². The zero-order valence-electron chi connectivity index (χ0n) is 14.1. The van der Waals surface area contributed by atoms with Gasteiger partial charge in [0.25, 0.3) is 0 Å². The number of nitrogens with zero attached hydrogens (tertiary/aromatic N) is 2. The SMILES string of the molecule is CCc1noc(CNc2ccc(CC(=O)NC(CC)CO)cc2)n1. The highest BCUT2D eigenvalue weighted by molar-refractivity contribution is 5.79. The molecule has 1 aromatic carbocycles. The number of aromatic nitrogens is 2. The van der Waals surface area contributed by atoms with E-state index in [-0.39, 0.29) is 18.6 Å². The van der Waals surface area contributed by atoms with Gasteiger partial charge in [-0.3, -0.25) is 4.79 Å². The van der Waals surface area contributed by atoms with Crippen molar-refractivity contribution in [3.63, 3.8) is 0 Å². The summed E-state index contributed by atoms with van der Waals surface area (Å²) in [6.45, 7) is 4.32. The van der Waals surface area contributed by atoms with Crippen molar-refractivity contribution < 1.29 is 14.4 Å². The summed E-state index contributed by atoms with van der Waals surface area (Å²) >= 11 is 0. The Kier molecular flexibility index (Phi) is 6.74. The van der Waals surface area contributed by atoms with Crippen LogP contribution in [-0.2, 0) is 24.2 Å². The number of hydrogen-bond donors (Lipinski definition) is 3. The van der Waals surface area contributed by atoms with E-state index < -0.39 is 0 Å². The number of carbonyl (C=O) groups excluding carboxylic acids is 1. The van der Waals surface area contributed by atoms with Crippen molar-refractivity contribution in [1.29, 1.82) is 0 Å². The number of amides is 1. The molecule has 1 amide bonds. The largest absolute Gasteiger partial charge is 0.394 e. The molecule has 0 spiro atoms. The molecule has 0 saturated heterocycles. The van der Waals surface area contributed by atoms with Gasteiger partial charge in [-0.25, -0.2) is 0 Å². The molecule has 24 heavy (non-hydrogen) atoms. The first-order valence-corrected chi connectivity index (χ1v) is 8.19. The zero-order chi connectivity index (χ0) is 17.4. The van der Waals surface area contributed by atoms with E-state index in [1.165, 1.54) is 0 Å². The molecule has 0 aliphatic rings. The van der Waals surface area contributed by atoms with Crippen LogP contribution in [0.15, 0.2) is 28.8 Å². The Balaban J connectivity index is 1.82. The first-order valence-electron chi connectivity index (χ1n) is 8.19. The molecule has 3 N–H and O–H groups in total. The molecule has 7 heteroatoms. The maximum atomic E-state index is 11.9. The molecular weight excluding hydrogens is 308 g/mol. The molecule has 0 fully saturated rings. The second kappa shape index (κ2) is 9.02. The quantitative estimate of drug-likeness (QED) is 0.646. The molecule has 1 atom stereocenters. The summed E-state index contributed by atoms with van der Waals surface area (Å²) in [5.41, 5.74) is 1.83. The molecule has 2 aromatic rings. The Morgan fingerprint density at radius 3 is 2.62 bits per heavy atom. The number of hydrogen-bond acceptors (Lipinski definition) is 6. The van der Waals surface area contributed by atoms with Gasteiger partial charge in [-0.05, 0) is 24.1 Å². The number of nitrogens with one attached hydrogen (secondary N) is 2. The minimum absolute atomic E-state index is 0.0412. The normalized spacial score (nSPS) is 12.0. The second-order valence-electron chi connectivity index (χ2n) is 5.54. The van der Waals surface area contributed by atoms with E-state index in [1.807, 2.05) is 38.1 Å². The van der Waals surface area contributed by atoms with E-state index in [9.17, 15) is 4.79 Å². The summed E-state index contributed by atoms with van der Waals surface area (Å²) in [7, 11) is 0. The van der Waals surface area contributed by atoms with E-state index in [4.69, 9.17) is 9.63 Å². The molecule has 0 radical (unpaired) electrons. The average Bonchev–Trinajstić information content (AvgIpc) is 3.07. The summed E-state index contributed by atoms with van der Waals surface area (Å²) in [5.74, 6) is 1.15. The summed E-state index contributed by atoms with van der Waals surface area (Å²) in [6, 6.07) is 7.42. The van der Waals surface area contributed by atoms with Gasteiger partial charge in [0, 0.05) is 12.1 Å². The average molecular weight is 332 g/mol. The molecule has 0 saturated carbocycles. The van der Waals surface area contributed by atoms with Gasteiger partial charge in [-0.1, -0.05) is 31.1 Å². The van der Waals surface area contributed by atoms with Crippen LogP contribution in [0.5, 0.6) is 0 Å². The molecule has 0 aliphatic carbocycles. The van der Waals surface area contributed by atoms with E-state index in [0.717, 1.165) is 17.7 Å². The Morgan fingerprint density at radius 1 is 1.29 bits per heavy atom. The van der Waals surface area contributed by atoms with Gasteiger partial charge in [0.05, 0.1) is 25.6 Å². The monoisotopic (exact) mass is 332 g/mol. The maximum absolute atomic E-state index is 11.9. The van der Waals surface area contributed by atoms with E-state index in [2.05, 4.69) is 20.8 Å². The van der Waals surface area contributed by atoms with Gasteiger partial charge in [0.1, 0.15) is 0 Å². The molecule has 2 rings (SSSR count). The van der Waals surface area contributed by atoms with Gasteiger partial charge in [0.2, 0.25) is 11.8 Å². The van der Waals surface area contributed by atoms with Crippen LogP contribution >= 0.6 is 0 Å². The summed E-state index contributed by atoms with van der Waals surface area (Å²) in [5, 5.41) is 19.0. The minimum atomic E-state index is -0.180. The number of rotatable bonds is 9. The highest BCUT2D eigenvalue weighted by Gasteiger charge is 2.10. The predicted molar refractivity (Wildman–Crippen MR) is 90.5 cm³/mol. The number of aryl methyl sites for hydroxylation is 1. The lowest BCUT2D eigenvalue weighted by molar-refractivity contribution is -0.121. The fourth-order valence-corrected chi connectivity index (χ4v) is 2.16. The first-order chi connectivity index (χ1) is 11.6. The molecular formula is C17H24N4O3. The summed E-state index contributed by atoms with van der Waals surface area (Å²) in [4.78, 5) is 16.1. The van der Waals surface area contributed by atoms with Crippen molar-refractivity contribution in [1.82, 2.24) is 15.5 Å². The molecule has 0 aliphatic heterocycles. The van der Waals surface area contributed by atoms with Gasteiger partial charge < -0.3 is 20.3 Å². The molecule has 0 bridgehead atoms. The van der Waals surface area contributed by atoms with E-state index in [0.29, 0.717) is 31.1 Å². The molecule has 1 heterocycles. The molecule has 1 aromatic heterocycles. The Labute approximate surface area is 141 Å². The van der Waals surface area contributed by atoms with Crippen LogP contribution in [0.25, 0.3) is 0 Å². The summed E-state index contributed by atoms with van der Waals surface area (Å²) in [6.07, 6.45) is 1.75. The fourth-order valence-electron chi connectivity index (χ4n) is 2.16. The lowest BCUT2D eigenvalue weighted by Crippen LogP contribution is -2.37. The highest BCUT2D eigenvalue weighted by Crippen LogP contribution is 2.11. The third kappa shape index (κ3) is 5.34. The van der Waals surface area contributed by atoms with Crippen molar-refractivity contribution >= 4 is 11.6 Å². The highest BCUT2D eigenvalue weighted by atomic mass is 16.5. The van der Waals surface area contributed by atoms with Crippen LogP contribution < -0.4 is 10.6 Å². The Bertz CT molecular complexity index is 636.